The number of aryl methyl sites for hydroxylation is 1. The molecule has 6 heteroatoms. The molecule has 0 aliphatic rings. The van der Waals surface area contributed by atoms with E-state index < -0.39 is 0 Å². The second-order valence-corrected chi connectivity index (χ2v) is 4.76. The average molecular weight is 288 g/mol. The van der Waals surface area contributed by atoms with Gasteiger partial charge in [0.15, 0.2) is 0 Å². The van der Waals surface area contributed by atoms with Crippen LogP contribution >= 0.6 is 27.3 Å². The van der Waals surface area contributed by atoms with Gasteiger partial charge in [0, 0.05) is 10.9 Å². The highest BCUT2D eigenvalue weighted by atomic mass is 79.9. The minimum atomic E-state index is 0.573. The Morgan fingerprint density at radius 1 is 1.47 bits per heavy atom. The van der Waals surface area contributed by atoms with Gasteiger partial charge < -0.3 is 10.2 Å². The third-order valence-electron chi connectivity index (χ3n) is 1.87. The monoisotopic (exact) mass is 287 g/mol. The molecule has 2 aromatic heterocycles. The van der Waals surface area contributed by atoms with Crippen molar-refractivity contribution < 1.29 is 4.42 Å². The summed E-state index contributed by atoms with van der Waals surface area (Å²) in [4.78, 5) is 0.974. The van der Waals surface area contributed by atoms with Crippen LogP contribution in [0.25, 0.3) is 10.8 Å². The van der Waals surface area contributed by atoms with Crippen molar-refractivity contribution in [1.82, 2.24) is 10.2 Å². The van der Waals surface area contributed by atoms with Crippen LogP contribution in [0, 0.1) is 0 Å². The van der Waals surface area contributed by atoms with Gasteiger partial charge in [0.2, 0.25) is 5.89 Å². The molecule has 0 aliphatic heterocycles. The number of rotatable bonds is 4. The molecule has 0 saturated heterocycles. The van der Waals surface area contributed by atoms with Crippen LogP contribution in [-0.4, -0.2) is 16.7 Å². The molecule has 80 valence electrons. The Morgan fingerprint density at radius 3 is 3.00 bits per heavy atom. The second kappa shape index (κ2) is 4.87. The maximum atomic E-state index is 5.51. The largest absolute Gasteiger partial charge is 0.420 e. The van der Waals surface area contributed by atoms with Crippen molar-refractivity contribution >= 4 is 27.3 Å². The van der Waals surface area contributed by atoms with Gasteiger partial charge in [0.05, 0.1) is 0 Å². The quantitative estimate of drug-likeness (QED) is 0.938. The molecule has 2 heterocycles. The van der Waals surface area contributed by atoms with Crippen molar-refractivity contribution in [2.75, 3.05) is 6.54 Å². The molecule has 0 unspecified atom stereocenters. The highest BCUT2D eigenvalue weighted by molar-refractivity contribution is 9.10. The Labute approximate surface area is 99.6 Å². The normalized spacial score (nSPS) is 10.8. The maximum absolute atomic E-state index is 5.51. The number of nitrogens with zero attached hydrogens (tertiary/aromatic N) is 2. The third kappa shape index (κ3) is 2.45. The molecule has 0 aromatic carbocycles. The SMILES string of the molecule is NCCCc1nnc(-c2sccc2Br)o1. The summed E-state index contributed by atoms with van der Waals surface area (Å²) in [7, 11) is 0. The lowest BCUT2D eigenvalue weighted by Gasteiger charge is -1.91. The highest BCUT2D eigenvalue weighted by Gasteiger charge is 2.12. The minimum Gasteiger partial charge on any atom is -0.420 e. The van der Waals surface area contributed by atoms with Gasteiger partial charge in [-0.05, 0) is 40.3 Å². The molecule has 0 aliphatic carbocycles. The number of thiophene rings is 1. The molecule has 0 radical (unpaired) electrons. The van der Waals surface area contributed by atoms with Gasteiger partial charge in [-0.1, -0.05) is 0 Å². The van der Waals surface area contributed by atoms with Gasteiger partial charge in [-0.2, -0.15) is 0 Å². The fourth-order valence-corrected chi connectivity index (χ4v) is 2.61. The first kappa shape index (κ1) is 10.8. The van der Waals surface area contributed by atoms with E-state index in [1.807, 2.05) is 11.4 Å². The summed E-state index contributed by atoms with van der Waals surface area (Å²) in [5, 5.41) is 9.94. The van der Waals surface area contributed by atoms with Crippen molar-refractivity contribution in [3.8, 4) is 10.8 Å². The smallest absolute Gasteiger partial charge is 0.258 e. The Kier molecular flexibility index (Phi) is 3.50. The van der Waals surface area contributed by atoms with E-state index in [0.717, 1.165) is 22.2 Å². The second-order valence-electron chi connectivity index (χ2n) is 2.99. The summed E-state index contributed by atoms with van der Waals surface area (Å²) < 4.78 is 6.50. The average Bonchev–Trinajstić information content (AvgIpc) is 2.83. The summed E-state index contributed by atoms with van der Waals surface area (Å²) in [6.07, 6.45) is 1.61. The molecule has 0 bridgehead atoms. The van der Waals surface area contributed by atoms with Crippen molar-refractivity contribution in [3.63, 3.8) is 0 Å². The molecule has 2 N–H and O–H groups in total. The zero-order chi connectivity index (χ0) is 10.7. The molecule has 0 atom stereocenters. The molecule has 0 spiro atoms. The lowest BCUT2D eigenvalue weighted by Crippen LogP contribution is -2.00. The molecule has 4 nitrogen and oxygen atoms in total. The summed E-state index contributed by atoms with van der Waals surface area (Å²) in [6.45, 7) is 0.639. The van der Waals surface area contributed by atoms with E-state index in [2.05, 4.69) is 26.1 Å². The van der Waals surface area contributed by atoms with E-state index in [1.165, 1.54) is 0 Å². The van der Waals surface area contributed by atoms with E-state index in [-0.39, 0.29) is 0 Å². The fraction of sp³-hybridized carbons (Fsp3) is 0.333. The van der Waals surface area contributed by atoms with Crippen molar-refractivity contribution in [3.05, 3.63) is 21.8 Å². The first-order valence-corrected chi connectivity index (χ1v) is 6.24. The first-order valence-electron chi connectivity index (χ1n) is 4.57. The molecular weight excluding hydrogens is 278 g/mol. The number of hydrogen-bond acceptors (Lipinski definition) is 5. The van der Waals surface area contributed by atoms with Crippen LogP contribution in [0.5, 0.6) is 0 Å². The van der Waals surface area contributed by atoms with Crippen LogP contribution in [0.3, 0.4) is 0 Å². The Balaban J connectivity index is 2.17. The van der Waals surface area contributed by atoms with Crippen LogP contribution in [-0.2, 0) is 6.42 Å². The fourth-order valence-electron chi connectivity index (χ4n) is 1.15. The van der Waals surface area contributed by atoms with E-state index in [4.69, 9.17) is 10.2 Å². The molecule has 2 aromatic rings. The van der Waals surface area contributed by atoms with Gasteiger partial charge in [0.1, 0.15) is 4.88 Å². The standard InChI is InChI=1S/C9H10BrN3OS/c10-6-3-5-15-8(6)9-13-12-7(14-9)2-1-4-11/h3,5H,1-2,4,11H2. The predicted octanol–water partition coefficient (Wildman–Crippen LogP) is 2.45. The van der Waals surface area contributed by atoms with Crippen LogP contribution in [0.15, 0.2) is 20.3 Å². The Bertz CT molecular complexity index is 440. The van der Waals surface area contributed by atoms with Crippen LogP contribution in [0.2, 0.25) is 0 Å². The summed E-state index contributed by atoms with van der Waals surface area (Å²) >= 11 is 5.00. The molecular formula is C9H10BrN3OS. The van der Waals surface area contributed by atoms with Crippen LogP contribution in [0.4, 0.5) is 0 Å². The molecule has 0 saturated carbocycles. The van der Waals surface area contributed by atoms with E-state index >= 15 is 0 Å². The molecule has 15 heavy (non-hydrogen) atoms. The van der Waals surface area contributed by atoms with Crippen molar-refractivity contribution in [2.45, 2.75) is 12.8 Å². The molecule has 0 fully saturated rings. The lowest BCUT2D eigenvalue weighted by atomic mass is 10.3. The summed E-state index contributed by atoms with van der Waals surface area (Å²) in [5.41, 5.74) is 5.41. The summed E-state index contributed by atoms with van der Waals surface area (Å²) in [5.74, 6) is 1.22. The van der Waals surface area contributed by atoms with Crippen LogP contribution < -0.4 is 5.73 Å². The predicted molar refractivity (Wildman–Crippen MR) is 62.7 cm³/mol. The third-order valence-corrected chi connectivity index (χ3v) is 3.70. The number of aromatic nitrogens is 2. The minimum absolute atomic E-state index is 0.573. The first-order chi connectivity index (χ1) is 7.31. The lowest BCUT2D eigenvalue weighted by molar-refractivity contribution is 0.499. The zero-order valence-electron chi connectivity index (χ0n) is 7.94. The Hall–Kier alpha value is -0.720. The van der Waals surface area contributed by atoms with Gasteiger partial charge in [0.25, 0.3) is 5.89 Å². The topological polar surface area (TPSA) is 64.9 Å². The number of nitrogens with two attached hydrogens (primary N) is 1. The van der Waals surface area contributed by atoms with E-state index in [9.17, 15) is 0 Å². The Morgan fingerprint density at radius 2 is 2.33 bits per heavy atom. The van der Waals surface area contributed by atoms with Gasteiger partial charge >= 0.3 is 0 Å². The van der Waals surface area contributed by atoms with Gasteiger partial charge in [-0.25, -0.2) is 0 Å². The highest BCUT2D eigenvalue weighted by Crippen LogP contribution is 2.32. The van der Waals surface area contributed by atoms with Gasteiger partial charge in [-0.3, -0.25) is 0 Å². The van der Waals surface area contributed by atoms with Crippen LogP contribution in [0.1, 0.15) is 12.3 Å². The zero-order valence-corrected chi connectivity index (χ0v) is 10.3. The van der Waals surface area contributed by atoms with E-state index in [1.54, 1.807) is 11.3 Å². The van der Waals surface area contributed by atoms with Gasteiger partial charge in [-0.15, -0.1) is 21.5 Å². The molecule has 2 rings (SSSR count). The number of halogens is 1. The van der Waals surface area contributed by atoms with Crippen molar-refractivity contribution in [1.29, 1.82) is 0 Å². The number of hydrogen-bond donors (Lipinski definition) is 1. The maximum Gasteiger partial charge on any atom is 0.258 e. The van der Waals surface area contributed by atoms with Crippen molar-refractivity contribution in [2.24, 2.45) is 5.73 Å². The van der Waals surface area contributed by atoms with E-state index in [0.29, 0.717) is 18.3 Å². The summed E-state index contributed by atoms with van der Waals surface area (Å²) in [6, 6.07) is 1.96. The molecule has 0 amide bonds.